The Morgan fingerprint density at radius 3 is 2.52 bits per heavy atom. The molecule has 1 aromatic rings. The third-order valence-corrected chi connectivity index (χ3v) is 3.74. The molecule has 1 aliphatic rings. The van der Waals surface area contributed by atoms with E-state index in [9.17, 15) is 9.90 Å². The zero-order valence-electron chi connectivity index (χ0n) is 13.3. The number of likely N-dealkylation sites (tertiary alicyclic amines) is 1. The van der Waals surface area contributed by atoms with Gasteiger partial charge in [0, 0.05) is 19.0 Å². The molecule has 4 heteroatoms. The summed E-state index contributed by atoms with van der Waals surface area (Å²) in [6.45, 7) is 8.79. The van der Waals surface area contributed by atoms with E-state index in [0.29, 0.717) is 13.1 Å². The van der Waals surface area contributed by atoms with Gasteiger partial charge in [0.15, 0.2) is 0 Å². The molecular weight excluding hydrogens is 266 g/mol. The van der Waals surface area contributed by atoms with Gasteiger partial charge in [-0.1, -0.05) is 29.8 Å². The number of hydrogen-bond acceptors (Lipinski definition) is 3. The number of benzene rings is 1. The summed E-state index contributed by atoms with van der Waals surface area (Å²) in [6.07, 6.45) is -0.0204. The third-order valence-electron chi connectivity index (χ3n) is 3.74. The van der Waals surface area contributed by atoms with Gasteiger partial charge in [-0.3, -0.25) is 0 Å². The highest BCUT2D eigenvalue weighted by Gasteiger charge is 2.33. The molecule has 4 nitrogen and oxygen atoms in total. The first-order chi connectivity index (χ1) is 9.76. The van der Waals surface area contributed by atoms with Crippen molar-refractivity contribution in [2.24, 2.45) is 5.92 Å². The van der Waals surface area contributed by atoms with Crippen molar-refractivity contribution in [3.8, 4) is 0 Å². The molecule has 0 aromatic heterocycles. The molecule has 0 radical (unpaired) electrons. The molecular formula is C17H25NO3. The van der Waals surface area contributed by atoms with E-state index in [4.69, 9.17) is 4.74 Å². The van der Waals surface area contributed by atoms with Crippen LogP contribution in [0.15, 0.2) is 24.3 Å². The van der Waals surface area contributed by atoms with E-state index in [1.807, 2.05) is 52.0 Å². The van der Waals surface area contributed by atoms with E-state index in [0.717, 1.165) is 12.0 Å². The number of ether oxygens (including phenoxy) is 1. The molecule has 1 saturated heterocycles. The summed E-state index contributed by atoms with van der Waals surface area (Å²) < 4.78 is 5.38. The fourth-order valence-corrected chi connectivity index (χ4v) is 2.57. The second-order valence-corrected chi connectivity index (χ2v) is 6.83. The summed E-state index contributed by atoms with van der Waals surface area (Å²) >= 11 is 0. The number of aryl methyl sites for hydroxylation is 1. The van der Waals surface area contributed by atoms with Crippen LogP contribution in [0, 0.1) is 12.8 Å². The van der Waals surface area contributed by atoms with Crippen LogP contribution in [0.1, 0.15) is 44.4 Å². The van der Waals surface area contributed by atoms with Crippen LogP contribution >= 0.6 is 0 Å². The second-order valence-electron chi connectivity index (χ2n) is 6.83. The molecule has 2 atom stereocenters. The van der Waals surface area contributed by atoms with Gasteiger partial charge < -0.3 is 14.7 Å². The van der Waals surface area contributed by atoms with Gasteiger partial charge in [-0.15, -0.1) is 0 Å². The standard InChI is InChI=1S/C17H25NO3/c1-12-5-7-13(8-6-12)15(19)14-9-10-18(11-14)16(20)21-17(2,3)4/h5-8,14-15,19H,9-11H2,1-4H3. The Balaban J connectivity index is 1.95. The molecule has 1 heterocycles. The highest BCUT2D eigenvalue weighted by molar-refractivity contribution is 5.68. The number of carbonyl (C=O) groups is 1. The summed E-state index contributed by atoms with van der Waals surface area (Å²) in [5.74, 6) is 0.0697. The Labute approximate surface area is 126 Å². The number of aliphatic hydroxyl groups excluding tert-OH is 1. The summed E-state index contributed by atoms with van der Waals surface area (Å²) in [5, 5.41) is 10.5. The molecule has 1 aromatic carbocycles. The molecule has 21 heavy (non-hydrogen) atoms. The Hall–Kier alpha value is -1.55. The smallest absolute Gasteiger partial charge is 0.410 e. The lowest BCUT2D eigenvalue weighted by molar-refractivity contribution is 0.0268. The maximum absolute atomic E-state index is 12.0. The lowest BCUT2D eigenvalue weighted by atomic mass is 9.94. The highest BCUT2D eigenvalue weighted by Crippen LogP contribution is 2.30. The van der Waals surface area contributed by atoms with Gasteiger partial charge in [0.1, 0.15) is 5.60 Å². The first-order valence-corrected chi connectivity index (χ1v) is 7.49. The van der Waals surface area contributed by atoms with Crippen molar-refractivity contribution in [3.63, 3.8) is 0 Å². The fourth-order valence-electron chi connectivity index (χ4n) is 2.57. The number of rotatable bonds is 2. The molecule has 0 saturated carbocycles. The second kappa shape index (κ2) is 6.06. The summed E-state index contributed by atoms with van der Waals surface area (Å²) in [5.41, 5.74) is 1.61. The molecule has 0 bridgehead atoms. The zero-order valence-corrected chi connectivity index (χ0v) is 13.3. The van der Waals surface area contributed by atoms with Gasteiger partial charge >= 0.3 is 6.09 Å². The molecule has 2 unspecified atom stereocenters. The zero-order chi connectivity index (χ0) is 15.6. The van der Waals surface area contributed by atoms with Crippen molar-refractivity contribution in [2.45, 2.75) is 45.8 Å². The average Bonchev–Trinajstić information content (AvgIpc) is 2.86. The van der Waals surface area contributed by atoms with E-state index in [1.165, 1.54) is 5.56 Å². The van der Waals surface area contributed by atoms with E-state index in [-0.39, 0.29) is 12.0 Å². The van der Waals surface area contributed by atoms with E-state index in [2.05, 4.69) is 0 Å². The molecule has 0 spiro atoms. The van der Waals surface area contributed by atoms with Crippen molar-refractivity contribution in [2.75, 3.05) is 13.1 Å². The van der Waals surface area contributed by atoms with Crippen molar-refractivity contribution in [1.29, 1.82) is 0 Å². The van der Waals surface area contributed by atoms with Crippen LogP contribution < -0.4 is 0 Å². The first-order valence-electron chi connectivity index (χ1n) is 7.49. The van der Waals surface area contributed by atoms with Gasteiger partial charge in [0.2, 0.25) is 0 Å². The Morgan fingerprint density at radius 2 is 1.95 bits per heavy atom. The number of nitrogens with zero attached hydrogens (tertiary/aromatic N) is 1. The first kappa shape index (κ1) is 15.8. The quantitative estimate of drug-likeness (QED) is 0.909. The largest absolute Gasteiger partial charge is 0.444 e. The van der Waals surface area contributed by atoms with Gasteiger partial charge in [0.25, 0.3) is 0 Å². The Morgan fingerprint density at radius 1 is 1.33 bits per heavy atom. The van der Waals surface area contributed by atoms with E-state index >= 15 is 0 Å². The molecule has 1 N–H and O–H groups in total. The van der Waals surface area contributed by atoms with Gasteiger partial charge in [-0.25, -0.2) is 4.79 Å². The summed E-state index contributed by atoms with van der Waals surface area (Å²) in [7, 11) is 0. The van der Waals surface area contributed by atoms with Crippen LogP contribution in [0.2, 0.25) is 0 Å². The van der Waals surface area contributed by atoms with Crippen molar-refractivity contribution < 1.29 is 14.6 Å². The summed E-state index contributed by atoms with van der Waals surface area (Å²) in [4.78, 5) is 13.7. The summed E-state index contributed by atoms with van der Waals surface area (Å²) in [6, 6.07) is 7.91. The maximum atomic E-state index is 12.0. The van der Waals surface area contributed by atoms with Crippen LogP contribution in [-0.4, -0.2) is 34.8 Å². The highest BCUT2D eigenvalue weighted by atomic mass is 16.6. The van der Waals surface area contributed by atoms with Crippen LogP contribution in [0.5, 0.6) is 0 Å². The number of carbonyl (C=O) groups excluding carboxylic acids is 1. The molecule has 1 amide bonds. The topological polar surface area (TPSA) is 49.8 Å². The molecule has 116 valence electrons. The maximum Gasteiger partial charge on any atom is 0.410 e. The number of hydrogen-bond donors (Lipinski definition) is 1. The Bertz CT molecular complexity index is 490. The lowest BCUT2D eigenvalue weighted by Gasteiger charge is -2.25. The minimum absolute atomic E-state index is 0.0697. The predicted molar refractivity (Wildman–Crippen MR) is 82.1 cm³/mol. The van der Waals surface area contributed by atoms with Gasteiger partial charge in [-0.05, 0) is 39.7 Å². The lowest BCUT2D eigenvalue weighted by Crippen LogP contribution is -2.35. The fraction of sp³-hybridized carbons (Fsp3) is 0.588. The number of amides is 1. The normalized spacial score (nSPS) is 20.4. The molecule has 1 aliphatic heterocycles. The van der Waals surface area contributed by atoms with Crippen LogP contribution in [0.4, 0.5) is 4.79 Å². The number of aliphatic hydroxyl groups is 1. The molecule has 2 rings (SSSR count). The van der Waals surface area contributed by atoms with E-state index in [1.54, 1.807) is 4.90 Å². The predicted octanol–water partition coefficient (Wildman–Crippen LogP) is 3.29. The van der Waals surface area contributed by atoms with Gasteiger partial charge in [0.05, 0.1) is 6.10 Å². The van der Waals surface area contributed by atoms with Crippen molar-refractivity contribution >= 4 is 6.09 Å². The van der Waals surface area contributed by atoms with Crippen molar-refractivity contribution in [1.82, 2.24) is 4.90 Å². The van der Waals surface area contributed by atoms with Crippen molar-refractivity contribution in [3.05, 3.63) is 35.4 Å². The monoisotopic (exact) mass is 291 g/mol. The molecule has 1 fully saturated rings. The van der Waals surface area contributed by atoms with E-state index < -0.39 is 11.7 Å². The average molecular weight is 291 g/mol. The third kappa shape index (κ3) is 4.21. The molecule has 0 aliphatic carbocycles. The minimum Gasteiger partial charge on any atom is -0.444 e. The Kier molecular flexibility index (Phi) is 4.57. The minimum atomic E-state index is -0.530. The van der Waals surface area contributed by atoms with Crippen LogP contribution in [0.25, 0.3) is 0 Å². The van der Waals surface area contributed by atoms with Crippen LogP contribution in [0.3, 0.4) is 0 Å². The SMILES string of the molecule is Cc1ccc(C(O)C2CCN(C(=O)OC(C)(C)C)C2)cc1. The van der Waals surface area contributed by atoms with Gasteiger partial charge in [-0.2, -0.15) is 0 Å². The van der Waals surface area contributed by atoms with Crippen LogP contribution in [-0.2, 0) is 4.74 Å².